The minimum atomic E-state index is -0.212. The molecule has 0 atom stereocenters. The first-order valence-electron chi connectivity index (χ1n) is 7.19. The highest BCUT2D eigenvalue weighted by atomic mass is 32.1. The highest BCUT2D eigenvalue weighted by Gasteiger charge is 2.15. The first-order valence-corrected chi connectivity index (χ1v) is 8.07. The van der Waals surface area contributed by atoms with E-state index in [4.69, 9.17) is 9.47 Å². The van der Waals surface area contributed by atoms with Crippen LogP contribution in [0.3, 0.4) is 0 Å². The molecule has 1 aromatic heterocycles. The molecule has 0 aliphatic carbocycles. The molecule has 3 rings (SSSR count). The van der Waals surface area contributed by atoms with E-state index in [0.29, 0.717) is 36.6 Å². The predicted octanol–water partition coefficient (Wildman–Crippen LogP) is 1.57. The van der Waals surface area contributed by atoms with Gasteiger partial charge in [0.25, 0.3) is 5.91 Å². The Bertz CT molecular complexity index is 700. The molecule has 6 nitrogen and oxygen atoms in total. The van der Waals surface area contributed by atoms with Gasteiger partial charge in [0, 0.05) is 23.5 Å². The first-order chi connectivity index (χ1) is 11.2. The number of ether oxygens (including phenoxy) is 2. The summed E-state index contributed by atoms with van der Waals surface area (Å²) in [5, 5.41) is 7.47. The third-order valence-corrected chi connectivity index (χ3v) is 4.16. The summed E-state index contributed by atoms with van der Waals surface area (Å²) < 4.78 is 10.4. The summed E-state index contributed by atoms with van der Waals surface area (Å²) >= 11 is 1.55. The van der Waals surface area contributed by atoms with Crippen LogP contribution in [-0.2, 0) is 11.2 Å². The van der Waals surface area contributed by atoms with Crippen LogP contribution in [-0.4, -0.2) is 31.7 Å². The number of rotatable bonds is 6. The molecule has 2 aromatic rings. The Morgan fingerprint density at radius 2 is 1.91 bits per heavy atom. The fraction of sp³-hybridized carbons (Fsp3) is 0.250. The number of nitrogens with one attached hydrogen (secondary N) is 2. The summed E-state index contributed by atoms with van der Waals surface area (Å²) in [4.78, 5) is 24.8. The summed E-state index contributed by atoms with van der Waals surface area (Å²) in [5.41, 5.74) is 0.499. The largest absolute Gasteiger partial charge is 0.454 e. The SMILES string of the molecule is O=C(Cc1cccs1)NCCNC(=O)c1ccc2c(c1)OCO2. The van der Waals surface area contributed by atoms with Crippen molar-refractivity contribution in [3.05, 3.63) is 46.2 Å². The zero-order chi connectivity index (χ0) is 16.1. The average Bonchev–Trinajstić information content (AvgIpc) is 3.21. The molecule has 0 saturated carbocycles. The Labute approximate surface area is 137 Å². The lowest BCUT2D eigenvalue weighted by molar-refractivity contribution is -0.120. The number of fused-ring (bicyclic) bond motifs is 1. The van der Waals surface area contributed by atoms with Gasteiger partial charge in [-0.25, -0.2) is 0 Å². The minimum absolute atomic E-state index is 0.0511. The second-order valence-corrected chi connectivity index (χ2v) is 5.96. The Morgan fingerprint density at radius 3 is 2.74 bits per heavy atom. The van der Waals surface area contributed by atoms with Crippen LogP contribution in [0.2, 0.25) is 0 Å². The number of hydrogen-bond donors (Lipinski definition) is 2. The van der Waals surface area contributed by atoms with Gasteiger partial charge in [-0.05, 0) is 29.6 Å². The van der Waals surface area contributed by atoms with Crippen LogP contribution < -0.4 is 20.1 Å². The van der Waals surface area contributed by atoms with E-state index in [-0.39, 0.29) is 18.6 Å². The van der Waals surface area contributed by atoms with Gasteiger partial charge in [0.15, 0.2) is 11.5 Å². The highest BCUT2D eigenvalue weighted by Crippen LogP contribution is 2.32. The maximum absolute atomic E-state index is 12.0. The lowest BCUT2D eigenvalue weighted by Crippen LogP contribution is -2.35. The molecule has 0 bridgehead atoms. The number of amides is 2. The summed E-state index contributed by atoms with van der Waals surface area (Å²) in [7, 11) is 0. The van der Waals surface area contributed by atoms with Crippen molar-refractivity contribution in [1.29, 1.82) is 0 Å². The molecule has 0 spiro atoms. The second-order valence-electron chi connectivity index (χ2n) is 4.93. The van der Waals surface area contributed by atoms with Crippen molar-refractivity contribution in [3.63, 3.8) is 0 Å². The smallest absolute Gasteiger partial charge is 0.251 e. The first kappa shape index (κ1) is 15.4. The molecular weight excluding hydrogens is 316 g/mol. The summed E-state index contributed by atoms with van der Waals surface area (Å²) in [6, 6.07) is 8.87. The van der Waals surface area contributed by atoms with Crippen molar-refractivity contribution in [2.24, 2.45) is 0 Å². The topological polar surface area (TPSA) is 76.7 Å². The molecular formula is C16H16N2O4S. The Kier molecular flexibility index (Phi) is 4.77. The van der Waals surface area contributed by atoms with E-state index < -0.39 is 0 Å². The Morgan fingerprint density at radius 1 is 1.09 bits per heavy atom. The van der Waals surface area contributed by atoms with Crippen LogP contribution in [0.4, 0.5) is 0 Å². The van der Waals surface area contributed by atoms with E-state index in [2.05, 4.69) is 10.6 Å². The second kappa shape index (κ2) is 7.15. The van der Waals surface area contributed by atoms with Crippen molar-refractivity contribution in [2.75, 3.05) is 19.9 Å². The predicted molar refractivity (Wildman–Crippen MR) is 85.9 cm³/mol. The maximum atomic E-state index is 12.0. The zero-order valence-corrected chi connectivity index (χ0v) is 13.2. The molecule has 120 valence electrons. The van der Waals surface area contributed by atoms with Crippen LogP contribution in [0, 0.1) is 0 Å². The Balaban J connectivity index is 1.40. The normalized spacial score (nSPS) is 12.0. The number of thiophene rings is 1. The van der Waals surface area contributed by atoms with Gasteiger partial charge in [-0.1, -0.05) is 6.07 Å². The minimum Gasteiger partial charge on any atom is -0.454 e. The van der Waals surface area contributed by atoms with Crippen LogP contribution >= 0.6 is 11.3 Å². The quantitative estimate of drug-likeness (QED) is 0.787. The van der Waals surface area contributed by atoms with Gasteiger partial charge in [0.2, 0.25) is 12.7 Å². The van der Waals surface area contributed by atoms with Crippen molar-refractivity contribution in [2.45, 2.75) is 6.42 Å². The van der Waals surface area contributed by atoms with E-state index in [1.165, 1.54) is 0 Å². The van der Waals surface area contributed by atoms with Gasteiger partial charge in [0.05, 0.1) is 6.42 Å². The summed E-state index contributed by atoms with van der Waals surface area (Å²) in [6.07, 6.45) is 0.369. The molecule has 1 aliphatic heterocycles. The highest BCUT2D eigenvalue weighted by molar-refractivity contribution is 7.10. The Hall–Kier alpha value is -2.54. The molecule has 0 saturated heterocycles. The number of hydrogen-bond acceptors (Lipinski definition) is 5. The van der Waals surface area contributed by atoms with E-state index in [1.54, 1.807) is 29.5 Å². The van der Waals surface area contributed by atoms with Crippen LogP contribution in [0.25, 0.3) is 0 Å². The molecule has 1 aromatic carbocycles. The van der Waals surface area contributed by atoms with Crippen molar-refractivity contribution in [3.8, 4) is 11.5 Å². The molecule has 0 radical (unpaired) electrons. The van der Waals surface area contributed by atoms with Gasteiger partial charge < -0.3 is 20.1 Å². The third-order valence-electron chi connectivity index (χ3n) is 3.28. The number of benzene rings is 1. The lowest BCUT2D eigenvalue weighted by Gasteiger charge is -2.07. The van der Waals surface area contributed by atoms with Crippen molar-refractivity contribution in [1.82, 2.24) is 10.6 Å². The van der Waals surface area contributed by atoms with Gasteiger partial charge in [0.1, 0.15) is 0 Å². The molecule has 2 N–H and O–H groups in total. The van der Waals surface area contributed by atoms with Gasteiger partial charge in [-0.3, -0.25) is 9.59 Å². The maximum Gasteiger partial charge on any atom is 0.251 e. The van der Waals surface area contributed by atoms with E-state index in [1.807, 2.05) is 17.5 Å². The molecule has 7 heteroatoms. The van der Waals surface area contributed by atoms with Gasteiger partial charge in [-0.2, -0.15) is 0 Å². The molecule has 0 fully saturated rings. The van der Waals surface area contributed by atoms with Crippen molar-refractivity contribution < 1.29 is 19.1 Å². The van der Waals surface area contributed by atoms with Crippen molar-refractivity contribution >= 4 is 23.2 Å². The van der Waals surface area contributed by atoms with Gasteiger partial charge in [-0.15, -0.1) is 11.3 Å². The van der Waals surface area contributed by atoms with Crippen LogP contribution in [0.1, 0.15) is 15.2 Å². The van der Waals surface area contributed by atoms with E-state index >= 15 is 0 Å². The van der Waals surface area contributed by atoms with Crippen LogP contribution in [0.5, 0.6) is 11.5 Å². The number of carbonyl (C=O) groups excluding carboxylic acids is 2. The molecule has 1 aliphatic rings. The molecule has 0 unspecified atom stereocenters. The third kappa shape index (κ3) is 4.01. The summed E-state index contributed by atoms with van der Waals surface area (Å²) in [6.45, 7) is 0.931. The standard InChI is InChI=1S/C16H16N2O4S/c19-15(9-12-2-1-7-23-12)17-5-6-18-16(20)11-3-4-13-14(8-11)22-10-21-13/h1-4,7-8H,5-6,9-10H2,(H,17,19)(H,18,20). The molecule has 23 heavy (non-hydrogen) atoms. The fourth-order valence-corrected chi connectivity index (χ4v) is 2.86. The lowest BCUT2D eigenvalue weighted by atomic mass is 10.2. The molecule has 2 amide bonds. The number of carbonyl (C=O) groups is 2. The average molecular weight is 332 g/mol. The monoisotopic (exact) mass is 332 g/mol. The molecule has 2 heterocycles. The fourth-order valence-electron chi connectivity index (χ4n) is 2.15. The zero-order valence-electron chi connectivity index (χ0n) is 12.3. The van der Waals surface area contributed by atoms with E-state index in [9.17, 15) is 9.59 Å². The van der Waals surface area contributed by atoms with E-state index in [0.717, 1.165) is 4.88 Å². The summed E-state index contributed by atoms with van der Waals surface area (Å²) in [5.74, 6) is 0.949. The van der Waals surface area contributed by atoms with Gasteiger partial charge >= 0.3 is 0 Å². The van der Waals surface area contributed by atoms with Crippen LogP contribution in [0.15, 0.2) is 35.7 Å².